The summed E-state index contributed by atoms with van der Waals surface area (Å²) in [6.07, 6.45) is 11.1. The van der Waals surface area contributed by atoms with Crippen LogP contribution in [0.1, 0.15) is 63.9 Å². The molecule has 0 aliphatic heterocycles. The van der Waals surface area contributed by atoms with Crippen LogP contribution < -0.4 is 0 Å². The predicted octanol–water partition coefficient (Wildman–Crippen LogP) is 6.67. The summed E-state index contributed by atoms with van der Waals surface area (Å²) < 4.78 is 0. The van der Waals surface area contributed by atoms with E-state index in [1.165, 1.54) is 44.1 Å². The van der Waals surface area contributed by atoms with Crippen molar-refractivity contribution in [3.05, 3.63) is 66.5 Å². The van der Waals surface area contributed by atoms with E-state index in [2.05, 4.69) is 43.1 Å². The maximum Gasteiger partial charge on any atom is 0.0921 e. The van der Waals surface area contributed by atoms with Crippen molar-refractivity contribution in [2.45, 2.75) is 58.3 Å². The van der Waals surface area contributed by atoms with Crippen molar-refractivity contribution >= 4 is 0 Å². The van der Waals surface area contributed by atoms with Gasteiger partial charge in [0.1, 0.15) is 0 Å². The highest BCUT2D eigenvalue weighted by Crippen LogP contribution is 2.33. The topological polar surface area (TPSA) is 38.7 Å². The Morgan fingerprint density at radius 2 is 1.41 bits per heavy atom. The highest BCUT2D eigenvalue weighted by atomic mass is 14.8. The molecule has 0 aliphatic carbocycles. The van der Waals surface area contributed by atoms with Crippen molar-refractivity contribution in [1.82, 2.24) is 15.0 Å². The normalized spacial score (nSPS) is 11.1. The van der Waals surface area contributed by atoms with Gasteiger partial charge >= 0.3 is 0 Å². The van der Waals surface area contributed by atoms with E-state index in [1.54, 1.807) is 6.20 Å². The zero-order valence-corrected chi connectivity index (χ0v) is 16.4. The Kier molecular flexibility index (Phi) is 7.09. The van der Waals surface area contributed by atoms with Gasteiger partial charge in [0.2, 0.25) is 0 Å². The smallest absolute Gasteiger partial charge is 0.0921 e. The molecule has 0 N–H and O–H groups in total. The fraction of sp³-hybridized carbons (Fsp3) is 0.375. The molecule has 27 heavy (non-hydrogen) atoms. The molecular weight excluding hydrogens is 330 g/mol. The molecule has 140 valence electrons. The number of aromatic nitrogens is 3. The third-order valence-corrected chi connectivity index (χ3v) is 5.01. The van der Waals surface area contributed by atoms with E-state index in [0.29, 0.717) is 5.92 Å². The molecule has 0 spiro atoms. The van der Waals surface area contributed by atoms with Crippen molar-refractivity contribution in [1.29, 1.82) is 0 Å². The average Bonchev–Trinajstić information content (AvgIpc) is 2.75. The van der Waals surface area contributed by atoms with Crippen LogP contribution in [-0.4, -0.2) is 15.0 Å². The van der Waals surface area contributed by atoms with E-state index in [4.69, 9.17) is 9.97 Å². The molecule has 3 aromatic rings. The Morgan fingerprint density at radius 3 is 2.11 bits per heavy atom. The monoisotopic (exact) mass is 359 g/mol. The summed E-state index contributed by atoms with van der Waals surface area (Å²) in [5.74, 6) is 0.550. The first kappa shape index (κ1) is 19.2. The molecule has 0 atom stereocenters. The van der Waals surface area contributed by atoms with Crippen LogP contribution in [0, 0.1) is 0 Å². The average molecular weight is 360 g/mol. The molecule has 0 saturated carbocycles. The van der Waals surface area contributed by atoms with Crippen molar-refractivity contribution in [2.24, 2.45) is 0 Å². The highest BCUT2D eigenvalue weighted by Gasteiger charge is 2.17. The van der Waals surface area contributed by atoms with E-state index in [9.17, 15) is 0 Å². The highest BCUT2D eigenvalue weighted by molar-refractivity contribution is 5.64. The lowest BCUT2D eigenvalue weighted by Gasteiger charge is -2.19. The van der Waals surface area contributed by atoms with Crippen LogP contribution in [0.3, 0.4) is 0 Å². The second kappa shape index (κ2) is 9.96. The lowest BCUT2D eigenvalue weighted by molar-refractivity contribution is 0.524. The first-order valence-corrected chi connectivity index (χ1v) is 10.2. The fourth-order valence-electron chi connectivity index (χ4n) is 3.54. The SMILES string of the molecule is CCCCC(CCCC)c1cccnc1-c1cccc(-c2ccccn2)n1. The molecule has 0 fully saturated rings. The molecule has 3 heteroatoms. The van der Waals surface area contributed by atoms with E-state index >= 15 is 0 Å². The lowest BCUT2D eigenvalue weighted by Crippen LogP contribution is -2.04. The summed E-state index contributed by atoms with van der Waals surface area (Å²) >= 11 is 0. The van der Waals surface area contributed by atoms with Gasteiger partial charge in [-0.2, -0.15) is 0 Å². The second-order valence-corrected chi connectivity index (χ2v) is 7.05. The Bertz CT molecular complexity index is 822. The van der Waals surface area contributed by atoms with Crippen LogP contribution in [0.2, 0.25) is 0 Å². The van der Waals surface area contributed by atoms with Crippen molar-refractivity contribution < 1.29 is 0 Å². The molecular formula is C24H29N3. The first-order valence-electron chi connectivity index (χ1n) is 10.2. The molecule has 0 saturated heterocycles. The minimum Gasteiger partial charge on any atom is -0.255 e. The molecule has 3 aromatic heterocycles. The largest absolute Gasteiger partial charge is 0.255 e. The van der Waals surface area contributed by atoms with Crippen molar-refractivity contribution in [3.63, 3.8) is 0 Å². The van der Waals surface area contributed by atoms with Crippen LogP contribution in [0.5, 0.6) is 0 Å². The number of hydrogen-bond donors (Lipinski definition) is 0. The molecule has 0 aliphatic rings. The van der Waals surface area contributed by atoms with Gasteiger partial charge in [0.25, 0.3) is 0 Å². The van der Waals surface area contributed by atoms with Gasteiger partial charge < -0.3 is 0 Å². The predicted molar refractivity (Wildman–Crippen MR) is 112 cm³/mol. The Morgan fingerprint density at radius 1 is 0.704 bits per heavy atom. The standard InChI is InChI=1S/C24H29N3/c1-3-5-11-19(12-6-4-2)20-13-10-18-26-24(20)23-16-9-15-22(27-23)21-14-7-8-17-25-21/h7-10,13-19H,3-6,11-12H2,1-2H3. The molecule has 3 rings (SSSR count). The minimum atomic E-state index is 0.550. The Hall–Kier alpha value is -2.55. The number of pyridine rings is 3. The summed E-state index contributed by atoms with van der Waals surface area (Å²) in [5.41, 5.74) is 5.08. The summed E-state index contributed by atoms with van der Waals surface area (Å²) in [6.45, 7) is 4.53. The third kappa shape index (κ3) is 5.00. The number of rotatable bonds is 9. The lowest BCUT2D eigenvalue weighted by atomic mass is 9.87. The van der Waals surface area contributed by atoms with E-state index in [1.807, 2.05) is 30.5 Å². The van der Waals surface area contributed by atoms with Gasteiger partial charge in [-0.3, -0.25) is 9.97 Å². The van der Waals surface area contributed by atoms with E-state index < -0.39 is 0 Å². The molecule has 3 nitrogen and oxygen atoms in total. The minimum absolute atomic E-state index is 0.550. The zero-order chi connectivity index (χ0) is 18.9. The van der Waals surface area contributed by atoms with E-state index in [-0.39, 0.29) is 0 Å². The van der Waals surface area contributed by atoms with Crippen LogP contribution in [0.25, 0.3) is 22.8 Å². The second-order valence-electron chi connectivity index (χ2n) is 7.05. The first-order chi connectivity index (χ1) is 13.3. The van der Waals surface area contributed by atoms with Crippen LogP contribution >= 0.6 is 0 Å². The van der Waals surface area contributed by atoms with Crippen LogP contribution in [-0.2, 0) is 0 Å². The summed E-state index contributed by atoms with van der Waals surface area (Å²) in [6, 6.07) is 16.4. The summed E-state index contributed by atoms with van der Waals surface area (Å²) in [4.78, 5) is 14.1. The van der Waals surface area contributed by atoms with Gasteiger partial charge in [0, 0.05) is 12.4 Å². The van der Waals surface area contributed by atoms with Gasteiger partial charge in [-0.15, -0.1) is 0 Å². The maximum atomic E-state index is 4.89. The molecule has 0 radical (unpaired) electrons. The molecule has 0 bridgehead atoms. The number of unbranched alkanes of at least 4 members (excludes halogenated alkanes) is 2. The maximum absolute atomic E-state index is 4.89. The Balaban J connectivity index is 1.97. The van der Waals surface area contributed by atoms with Crippen LogP contribution in [0.15, 0.2) is 60.9 Å². The van der Waals surface area contributed by atoms with Gasteiger partial charge in [-0.05, 0) is 54.7 Å². The number of hydrogen-bond acceptors (Lipinski definition) is 3. The van der Waals surface area contributed by atoms with Crippen LogP contribution in [0.4, 0.5) is 0 Å². The Labute approximate surface area is 162 Å². The van der Waals surface area contributed by atoms with E-state index in [0.717, 1.165) is 22.8 Å². The fourth-order valence-corrected chi connectivity index (χ4v) is 3.54. The van der Waals surface area contributed by atoms with Gasteiger partial charge in [-0.1, -0.05) is 57.7 Å². The molecule has 0 aromatic carbocycles. The van der Waals surface area contributed by atoms with Gasteiger partial charge in [-0.25, -0.2) is 4.98 Å². The van der Waals surface area contributed by atoms with Gasteiger partial charge in [0.15, 0.2) is 0 Å². The van der Waals surface area contributed by atoms with Gasteiger partial charge in [0.05, 0.1) is 22.8 Å². The molecule has 3 heterocycles. The molecule has 0 unspecified atom stereocenters. The summed E-state index contributed by atoms with van der Waals surface area (Å²) in [7, 11) is 0. The summed E-state index contributed by atoms with van der Waals surface area (Å²) in [5, 5.41) is 0. The third-order valence-electron chi connectivity index (χ3n) is 5.01. The molecule has 0 amide bonds. The number of nitrogens with zero attached hydrogens (tertiary/aromatic N) is 3. The quantitative estimate of drug-likeness (QED) is 0.428. The van der Waals surface area contributed by atoms with Crippen molar-refractivity contribution in [2.75, 3.05) is 0 Å². The van der Waals surface area contributed by atoms with Crippen molar-refractivity contribution in [3.8, 4) is 22.8 Å². The zero-order valence-electron chi connectivity index (χ0n) is 16.4.